The molecule has 2 fully saturated rings. The summed E-state index contributed by atoms with van der Waals surface area (Å²) in [6.07, 6.45) is 7.72. The molecule has 4 heteroatoms. The molecule has 0 saturated carbocycles. The summed E-state index contributed by atoms with van der Waals surface area (Å²) in [7, 11) is 0. The predicted molar refractivity (Wildman–Crippen MR) is 106 cm³/mol. The van der Waals surface area contributed by atoms with Crippen molar-refractivity contribution in [1.82, 2.24) is 4.90 Å². The molecule has 2 heterocycles. The van der Waals surface area contributed by atoms with E-state index in [1.807, 2.05) is 0 Å². The molecule has 0 amide bonds. The topological polar surface area (TPSA) is 9.49 Å². The van der Waals surface area contributed by atoms with Gasteiger partial charge in [-0.25, -0.2) is 4.58 Å². The van der Waals surface area contributed by atoms with Gasteiger partial charge >= 0.3 is 0 Å². The zero-order valence-corrected chi connectivity index (χ0v) is 18.4. The molecule has 0 radical (unpaired) electrons. The lowest BCUT2D eigenvalue weighted by molar-refractivity contribution is -0.507. The summed E-state index contributed by atoms with van der Waals surface area (Å²) in [5.41, 5.74) is 4.92. The van der Waals surface area contributed by atoms with Crippen molar-refractivity contribution >= 4 is 11.4 Å². The molecule has 3 aliphatic rings. The predicted octanol–water partition coefficient (Wildman–Crippen LogP) is 0.764. The van der Waals surface area contributed by atoms with Crippen molar-refractivity contribution in [1.29, 1.82) is 0 Å². The molecule has 0 N–H and O–H groups in total. The van der Waals surface area contributed by atoms with Gasteiger partial charge in [0.1, 0.15) is 13.1 Å². The smallest absolute Gasteiger partial charge is 0.178 e. The van der Waals surface area contributed by atoms with Crippen LogP contribution >= 0.6 is 0 Å². The maximum Gasteiger partial charge on any atom is 0.178 e. The molecular formula is C22H32IN3. The van der Waals surface area contributed by atoms with E-state index in [4.69, 9.17) is 0 Å². The van der Waals surface area contributed by atoms with Gasteiger partial charge in [-0.3, -0.25) is 0 Å². The van der Waals surface area contributed by atoms with Crippen LogP contribution in [0.25, 0.3) is 0 Å². The van der Waals surface area contributed by atoms with Gasteiger partial charge < -0.3 is 33.8 Å². The fourth-order valence-electron chi connectivity index (χ4n) is 4.64. The molecule has 1 aromatic carbocycles. The van der Waals surface area contributed by atoms with Crippen molar-refractivity contribution < 1.29 is 28.6 Å². The van der Waals surface area contributed by atoms with Crippen LogP contribution < -0.4 is 28.9 Å². The average Bonchev–Trinajstić information content (AvgIpc) is 3.16. The molecule has 2 aliphatic heterocycles. The fourth-order valence-corrected chi connectivity index (χ4v) is 4.64. The van der Waals surface area contributed by atoms with E-state index >= 15 is 0 Å². The largest absolute Gasteiger partial charge is 1.00 e. The summed E-state index contributed by atoms with van der Waals surface area (Å²) in [4.78, 5) is 5.17. The van der Waals surface area contributed by atoms with Crippen molar-refractivity contribution in [2.45, 2.75) is 39.5 Å². The van der Waals surface area contributed by atoms with Crippen LogP contribution in [0.5, 0.6) is 0 Å². The van der Waals surface area contributed by atoms with Crippen LogP contribution in [0.15, 0.2) is 42.1 Å². The lowest BCUT2D eigenvalue weighted by Gasteiger charge is -2.41. The third kappa shape index (κ3) is 4.44. The monoisotopic (exact) mass is 465 g/mol. The Hall–Kier alpha value is -1.04. The number of anilines is 1. The Morgan fingerprint density at radius 1 is 0.846 bits per heavy atom. The number of nitrogens with zero attached hydrogens (tertiary/aromatic N) is 3. The standard InChI is InChI=1S/C22H32N3.HI/c1-22(2)17-20(23-10-6-7-11-23)16-21(18-22)25-14-12-24(13-15-25)19-8-4-3-5-9-19;/h3-5,8-9,16H,6-7,10-15,17-18H2,1-2H3;1H/q+1;/p-1. The second-order valence-corrected chi connectivity index (χ2v) is 8.65. The zero-order valence-electron chi connectivity index (χ0n) is 16.3. The minimum atomic E-state index is 0. The van der Waals surface area contributed by atoms with Crippen LogP contribution in [0.3, 0.4) is 0 Å². The van der Waals surface area contributed by atoms with Crippen LogP contribution in [-0.2, 0) is 0 Å². The fraction of sp³-hybridized carbons (Fsp3) is 0.591. The number of rotatable bonds is 2. The molecule has 1 aliphatic carbocycles. The summed E-state index contributed by atoms with van der Waals surface area (Å²) < 4.78 is 2.64. The minimum absolute atomic E-state index is 0. The molecule has 0 spiro atoms. The number of halogens is 1. The number of hydrogen-bond acceptors (Lipinski definition) is 2. The lowest BCUT2D eigenvalue weighted by Crippen LogP contribution is -3.00. The van der Waals surface area contributed by atoms with E-state index in [2.05, 4.69) is 64.6 Å². The van der Waals surface area contributed by atoms with Crippen molar-refractivity contribution in [3.05, 3.63) is 42.1 Å². The summed E-state index contributed by atoms with van der Waals surface area (Å²) in [6, 6.07) is 10.9. The van der Waals surface area contributed by atoms with Gasteiger partial charge in [-0.15, -0.1) is 0 Å². The van der Waals surface area contributed by atoms with Gasteiger partial charge in [0.15, 0.2) is 5.71 Å². The van der Waals surface area contributed by atoms with E-state index in [-0.39, 0.29) is 24.0 Å². The molecule has 0 atom stereocenters. The van der Waals surface area contributed by atoms with Crippen LogP contribution in [0.2, 0.25) is 0 Å². The van der Waals surface area contributed by atoms with E-state index in [0.717, 1.165) is 26.2 Å². The van der Waals surface area contributed by atoms with Gasteiger partial charge in [0.2, 0.25) is 0 Å². The first-order valence-electron chi connectivity index (χ1n) is 9.97. The number of allylic oxidation sites excluding steroid dienone is 2. The first-order chi connectivity index (χ1) is 12.1. The van der Waals surface area contributed by atoms with Crippen LogP contribution in [0, 0.1) is 5.41 Å². The van der Waals surface area contributed by atoms with E-state index in [0.29, 0.717) is 5.41 Å². The highest BCUT2D eigenvalue weighted by Crippen LogP contribution is 2.36. The molecule has 0 bridgehead atoms. The zero-order chi connectivity index (χ0) is 17.3. The first-order valence-corrected chi connectivity index (χ1v) is 9.97. The molecule has 1 aromatic rings. The van der Waals surface area contributed by atoms with Gasteiger partial charge in [-0.1, -0.05) is 32.0 Å². The van der Waals surface area contributed by atoms with Gasteiger partial charge in [0.25, 0.3) is 0 Å². The van der Waals surface area contributed by atoms with Crippen molar-refractivity contribution in [2.24, 2.45) is 5.41 Å². The van der Waals surface area contributed by atoms with E-state index in [1.165, 1.54) is 44.5 Å². The second kappa shape index (κ2) is 8.32. The normalized spacial score (nSPS) is 22.9. The van der Waals surface area contributed by atoms with Crippen molar-refractivity contribution in [3.8, 4) is 0 Å². The second-order valence-electron chi connectivity index (χ2n) is 8.65. The van der Waals surface area contributed by atoms with Crippen LogP contribution in [0.1, 0.15) is 39.5 Å². The first kappa shape index (κ1) is 19.7. The quantitative estimate of drug-likeness (QED) is 0.472. The van der Waals surface area contributed by atoms with E-state index in [1.54, 1.807) is 11.4 Å². The van der Waals surface area contributed by atoms with Gasteiger partial charge in [0.05, 0.1) is 0 Å². The third-order valence-corrected chi connectivity index (χ3v) is 5.97. The van der Waals surface area contributed by atoms with E-state index < -0.39 is 0 Å². The highest BCUT2D eigenvalue weighted by atomic mass is 127. The Kier molecular flexibility index (Phi) is 6.31. The third-order valence-electron chi connectivity index (χ3n) is 5.97. The SMILES string of the molecule is CC1(C)CC(N2CCN(c3ccccc3)CC2)=CC(=[N+]2CCCC2)C1.[I-]. The Balaban J connectivity index is 0.00000196. The Labute approximate surface area is 175 Å². The minimum Gasteiger partial charge on any atom is -1.00 e. The Bertz CT molecular complexity index is 662. The summed E-state index contributed by atoms with van der Waals surface area (Å²) in [5, 5.41) is 0. The van der Waals surface area contributed by atoms with Crippen molar-refractivity contribution in [3.63, 3.8) is 0 Å². The van der Waals surface area contributed by atoms with Crippen LogP contribution in [0.4, 0.5) is 5.69 Å². The van der Waals surface area contributed by atoms with Gasteiger partial charge in [-0.05, 0) is 24.0 Å². The van der Waals surface area contributed by atoms with Crippen LogP contribution in [-0.4, -0.2) is 54.5 Å². The number of piperazine rings is 1. The molecule has 3 nitrogen and oxygen atoms in total. The maximum atomic E-state index is 2.65. The van der Waals surface area contributed by atoms with Gasteiger partial charge in [0, 0.05) is 62.9 Å². The summed E-state index contributed by atoms with van der Waals surface area (Å²) in [5.74, 6) is 0. The molecule has 4 rings (SSSR count). The highest BCUT2D eigenvalue weighted by Gasteiger charge is 2.34. The van der Waals surface area contributed by atoms with E-state index in [9.17, 15) is 0 Å². The molecular weight excluding hydrogens is 433 g/mol. The molecule has 142 valence electrons. The number of para-hydroxylation sites is 1. The lowest BCUT2D eigenvalue weighted by atomic mass is 9.78. The molecule has 0 unspecified atom stereocenters. The number of benzene rings is 1. The average molecular weight is 465 g/mol. The Morgan fingerprint density at radius 3 is 2.12 bits per heavy atom. The van der Waals surface area contributed by atoms with Gasteiger partial charge in [-0.2, -0.15) is 0 Å². The maximum absolute atomic E-state index is 2.65. The number of hydrogen-bond donors (Lipinski definition) is 0. The molecule has 0 aromatic heterocycles. The molecule has 2 saturated heterocycles. The highest BCUT2D eigenvalue weighted by molar-refractivity contribution is 5.93. The molecule has 26 heavy (non-hydrogen) atoms. The summed E-state index contributed by atoms with van der Waals surface area (Å²) in [6.45, 7) is 11.9. The van der Waals surface area contributed by atoms with Crippen molar-refractivity contribution in [2.75, 3.05) is 44.2 Å². The Morgan fingerprint density at radius 2 is 1.46 bits per heavy atom. The summed E-state index contributed by atoms with van der Waals surface area (Å²) >= 11 is 0.